The van der Waals surface area contributed by atoms with Crippen LogP contribution in [0.5, 0.6) is 0 Å². The first-order chi connectivity index (χ1) is 7.84. The van der Waals surface area contributed by atoms with Gasteiger partial charge in [0.05, 0.1) is 6.26 Å². The fourth-order valence-corrected chi connectivity index (χ4v) is 2.25. The SMILES string of the molecule is Cc1ccc2c(C3=CCNCC3)occ2c1. The number of hydrogen-bond acceptors (Lipinski definition) is 2. The van der Waals surface area contributed by atoms with E-state index in [1.54, 1.807) is 0 Å². The Labute approximate surface area is 95.0 Å². The van der Waals surface area contributed by atoms with Gasteiger partial charge in [-0.2, -0.15) is 0 Å². The van der Waals surface area contributed by atoms with Crippen molar-refractivity contribution in [1.82, 2.24) is 5.32 Å². The molecule has 82 valence electrons. The van der Waals surface area contributed by atoms with Crippen LogP contribution < -0.4 is 5.32 Å². The second-order valence-electron chi connectivity index (χ2n) is 4.34. The monoisotopic (exact) mass is 213 g/mol. The molecular formula is C14H15NO. The topological polar surface area (TPSA) is 25.2 Å². The van der Waals surface area contributed by atoms with Crippen LogP contribution in [0.25, 0.3) is 16.3 Å². The van der Waals surface area contributed by atoms with Gasteiger partial charge in [-0.1, -0.05) is 23.8 Å². The van der Waals surface area contributed by atoms with Crippen LogP contribution >= 0.6 is 0 Å². The van der Waals surface area contributed by atoms with Crippen molar-refractivity contribution in [2.45, 2.75) is 13.3 Å². The highest BCUT2D eigenvalue weighted by Crippen LogP contribution is 2.30. The Morgan fingerprint density at radius 1 is 1.31 bits per heavy atom. The van der Waals surface area contributed by atoms with Crippen molar-refractivity contribution in [3.8, 4) is 0 Å². The molecule has 2 heteroatoms. The summed E-state index contributed by atoms with van der Waals surface area (Å²) in [6, 6.07) is 6.47. The molecule has 0 unspecified atom stereocenters. The first kappa shape index (κ1) is 9.67. The van der Waals surface area contributed by atoms with Gasteiger partial charge in [0.15, 0.2) is 0 Å². The fraction of sp³-hybridized carbons (Fsp3) is 0.286. The quantitative estimate of drug-likeness (QED) is 0.787. The molecule has 16 heavy (non-hydrogen) atoms. The third-order valence-electron chi connectivity index (χ3n) is 3.11. The molecule has 2 nitrogen and oxygen atoms in total. The summed E-state index contributed by atoms with van der Waals surface area (Å²) in [6.45, 7) is 4.10. The lowest BCUT2D eigenvalue weighted by molar-refractivity contribution is 0.551. The summed E-state index contributed by atoms with van der Waals surface area (Å²) in [5, 5.41) is 5.75. The maximum absolute atomic E-state index is 5.71. The molecule has 0 spiro atoms. The lowest BCUT2D eigenvalue weighted by atomic mass is 10.0. The molecule has 1 aliphatic rings. The Morgan fingerprint density at radius 2 is 2.25 bits per heavy atom. The van der Waals surface area contributed by atoms with Crippen molar-refractivity contribution in [2.75, 3.05) is 13.1 Å². The zero-order valence-electron chi connectivity index (χ0n) is 9.42. The summed E-state index contributed by atoms with van der Waals surface area (Å²) < 4.78 is 5.71. The molecule has 2 heterocycles. The maximum Gasteiger partial charge on any atom is 0.137 e. The molecule has 0 saturated carbocycles. The van der Waals surface area contributed by atoms with Gasteiger partial charge >= 0.3 is 0 Å². The van der Waals surface area contributed by atoms with Crippen LogP contribution in [-0.2, 0) is 0 Å². The molecule has 1 aromatic carbocycles. The Balaban J connectivity index is 2.13. The van der Waals surface area contributed by atoms with Crippen molar-refractivity contribution in [2.24, 2.45) is 0 Å². The predicted octanol–water partition coefficient (Wildman–Crippen LogP) is 3.12. The van der Waals surface area contributed by atoms with Gasteiger partial charge in [-0.25, -0.2) is 0 Å². The number of rotatable bonds is 1. The van der Waals surface area contributed by atoms with Gasteiger partial charge in [0.2, 0.25) is 0 Å². The van der Waals surface area contributed by atoms with Gasteiger partial charge in [0.1, 0.15) is 5.76 Å². The predicted molar refractivity (Wildman–Crippen MR) is 66.4 cm³/mol. The molecule has 1 aliphatic heterocycles. The molecule has 0 amide bonds. The van der Waals surface area contributed by atoms with Crippen LogP contribution in [0.1, 0.15) is 17.7 Å². The Kier molecular flexibility index (Phi) is 2.29. The summed E-state index contributed by atoms with van der Waals surface area (Å²) in [5.74, 6) is 1.05. The highest BCUT2D eigenvalue weighted by molar-refractivity contribution is 5.92. The van der Waals surface area contributed by atoms with Gasteiger partial charge in [-0.3, -0.25) is 0 Å². The van der Waals surface area contributed by atoms with Crippen LogP contribution in [0.15, 0.2) is 35.0 Å². The summed E-state index contributed by atoms with van der Waals surface area (Å²) in [5.41, 5.74) is 2.61. The number of fused-ring (bicyclic) bond motifs is 1. The number of furan rings is 1. The van der Waals surface area contributed by atoms with Crippen LogP contribution in [0.4, 0.5) is 0 Å². The van der Waals surface area contributed by atoms with E-state index in [1.807, 2.05) is 6.26 Å². The van der Waals surface area contributed by atoms with Gasteiger partial charge in [-0.05, 0) is 31.5 Å². The summed E-state index contributed by atoms with van der Waals surface area (Å²) >= 11 is 0. The van der Waals surface area contributed by atoms with Crippen molar-refractivity contribution >= 4 is 16.3 Å². The molecular weight excluding hydrogens is 198 g/mol. The number of aryl methyl sites for hydroxylation is 1. The van der Waals surface area contributed by atoms with Crippen LogP contribution in [-0.4, -0.2) is 13.1 Å². The second kappa shape index (κ2) is 3.80. The molecule has 0 saturated heterocycles. The third-order valence-corrected chi connectivity index (χ3v) is 3.11. The van der Waals surface area contributed by atoms with E-state index in [4.69, 9.17) is 4.42 Å². The molecule has 1 N–H and O–H groups in total. The Bertz CT molecular complexity index is 551. The van der Waals surface area contributed by atoms with E-state index >= 15 is 0 Å². The van der Waals surface area contributed by atoms with E-state index in [0.29, 0.717) is 0 Å². The van der Waals surface area contributed by atoms with Gasteiger partial charge in [-0.15, -0.1) is 0 Å². The normalized spacial score (nSPS) is 16.4. The first-order valence-electron chi connectivity index (χ1n) is 5.72. The third kappa shape index (κ3) is 1.55. The Morgan fingerprint density at radius 3 is 3.06 bits per heavy atom. The molecule has 0 atom stereocenters. The number of nitrogens with one attached hydrogen (secondary N) is 1. The smallest absolute Gasteiger partial charge is 0.137 e. The van der Waals surface area contributed by atoms with Gasteiger partial charge < -0.3 is 9.73 Å². The van der Waals surface area contributed by atoms with Gasteiger partial charge in [0.25, 0.3) is 0 Å². The van der Waals surface area contributed by atoms with E-state index < -0.39 is 0 Å². The zero-order valence-corrected chi connectivity index (χ0v) is 9.42. The molecule has 0 fully saturated rings. The van der Waals surface area contributed by atoms with Crippen LogP contribution in [0.3, 0.4) is 0 Å². The summed E-state index contributed by atoms with van der Waals surface area (Å²) in [6.07, 6.45) is 5.14. The first-order valence-corrected chi connectivity index (χ1v) is 5.72. The van der Waals surface area contributed by atoms with Crippen molar-refractivity contribution in [3.63, 3.8) is 0 Å². The fourth-order valence-electron chi connectivity index (χ4n) is 2.25. The van der Waals surface area contributed by atoms with E-state index in [0.717, 1.165) is 25.3 Å². The minimum atomic E-state index is 0.948. The number of benzene rings is 1. The molecule has 0 bridgehead atoms. The molecule has 1 aromatic heterocycles. The van der Waals surface area contributed by atoms with Crippen molar-refractivity contribution in [1.29, 1.82) is 0 Å². The molecule has 0 aliphatic carbocycles. The molecule has 0 radical (unpaired) electrons. The zero-order chi connectivity index (χ0) is 11.0. The minimum Gasteiger partial charge on any atom is -0.463 e. The number of hydrogen-bond donors (Lipinski definition) is 1. The standard InChI is InChI=1S/C14H15NO/c1-10-2-3-13-12(8-10)9-16-14(13)11-4-6-15-7-5-11/h2-4,8-9,15H,5-7H2,1H3. The van der Waals surface area contributed by atoms with Crippen molar-refractivity contribution < 1.29 is 4.42 Å². The van der Waals surface area contributed by atoms with E-state index in [-0.39, 0.29) is 0 Å². The highest BCUT2D eigenvalue weighted by Gasteiger charge is 2.12. The van der Waals surface area contributed by atoms with Crippen molar-refractivity contribution in [3.05, 3.63) is 41.9 Å². The van der Waals surface area contributed by atoms with Gasteiger partial charge in [0, 0.05) is 17.3 Å². The van der Waals surface area contributed by atoms with E-state index in [9.17, 15) is 0 Å². The maximum atomic E-state index is 5.71. The summed E-state index contributed by atoms with van der Waals surface area (Å²) in [4.78, 5) is 0. The lowest BCUT2D eigenvalue weighted by Crippen LogP contribution is -2.19. The summed E-state index contributed by atoms with van der Waals surface area (Å²) in [7, 11) is 0. The molecule has 2 aromatic rings. The second-order valence-corrected chi connectivity index (χ2v) is 4.34. The molecule has 3 rings (SSSR count). The largest absolute Gasteiger partial charge is 0.463 e. The lowest BCUT2D eigenvalue weighted by Gasteiger charge is -2.12. The van der Waals surface area contributed by atoms with Crippen LogP contribution in [0.2, 0.25) is 0 Å². The van der Waals surface area contributed by atoms with E-state index in [1.165, 1.54) is 21.9 Å². The average molecular weight is 213 g/mol. The van der Waals surface area contributed by atoms with E-state index in [2.05, 4.69) is 36.5 Å². The highest BCUT2D eigenvalue weighted by atomic mass is 16.3. The Hall–Kier alpha value is -1.54. The minimum absolute atomic E-state index is 0.948. The van der Waals surface area contributed by atoms with Crippen LogP contribution in [0, 0.1) is 6.92 Å². The average Bonchev–Trinajstić information content (AvgIpc) is 2.73.